The van der Waals surface area contributed by atoms with Crippen molar-refractivity contribution in [2.45, 2.75) is 120 Å². The van der Waals surface area contributed by atoms with Gasteiger partial charge in [-0.2, -0.15) is 0 Å². The lowest BCUT2D eigenvalue weighted by Crippen LogP contribution is -2.58. The van der Waals surface area contributed by atoms with Crippen LogP contribution in [0, 0.1) is 12.8 Å². The van der Waals surface area contributed by atoms with Gasteiger partial charge in [-0.15, -0.1) is 0 Å². The van der Waals surface area contributed by atoms with Gasteiger partial charge in [0.1, 0.15) is 23.4 Å². The molecule has 2 aliphatic heterocycles. The van der Waals surface area contributed by atoms with Crippen LogP contribution in [0.5, 0.6) is 11.6 Å². The lowest BCUT2D eigenvalue weighted by Gasteiger charge is -2.28. The van der Waals surface area contributed by atoms with E-state index in [1.165, 1.54) is 4.90 Å². The van der Waals surface area contributed by atoms with E-state index in [4.69, 9.17) is 26.8 Å². The molecule has 12 nitrogen and oxygen atoms in total. The van der Waals surface area contributed by atoms with Crippen molar-refractivity contribution in [1.29, 1.82) is 0 Å². The fourth-order valence-electron chi connectivity index (χ4n) is 6.77. The molecule has 2 saturated carbocycles. The number of hydrogen-bond acceptors (Lipinski definition) is 9. The summed E-state index contributed by atoms with van der Waals surface area (Å²) in [5, 5.41) is 4.14. The number of nitrogens with one attached hydrogen (secondary N) is 2. The number of fused-ring (bicyclic) bond motifs is 3. The van der Waals surface area contributed by atoms with Crippen LogP contribution in [0.1, 0.15) is 84.1 Å². The predicted octanol–water partition coefficient (Wildman–Crippen LogP) is 4.05. The number of ether oxygens (including phenoxy) is 2. The van der Waals surface area contributed by atoms with E-state index in [2.05, 4.69) is 15.0 Å². The summed E-state index contributed by atoms with van der Waals surface area (Å²) in [5.74, 6) is -1.27. The minimum Gasteiger partial charge on any atom is -0.488 e. The highest BCUT2D eigenvalue weighted by Crippen LogP contribution is 2.47. The quantitative estimate of drug-likeness (QED) is 0.358. The highest BCUT2D eigenvalue weighted by molar-refractivity contribution is 7.91. The van der Waals surface area contributed by atoms with Crippen LogP contribution in [0.4, 0.5) is 0 Å². The van der Waals surface area contributed by atoms with Gasteiger partial charge in [-0.25, -0.2) is 13.4 Å². The van der Waals surface area contributed by atoms with E-state index < -0.39 is 50.3 Å². The van der Waals surface area contributed by atoms with E-state index in [1.807, 2.05) is 39.0 Å². The summed E-state index contributed by atoms with van der Waals surface area (Å²) in [6, 6.07) is 3.45. The maximum atomic E-state index is 14.2. The topological polar surface area (TPSA) is 170 Å². The molecule has 1 aromatic heterocycles. The van der Waals surface area contributed by atoms with E-state index in [0.29, 0.717) is 46.8 Å². The summed E-state index contributed by atoms with van der Waals surface area (Å²) in [4.78, 5) is 47.8. The third-order valence-electron chi connectivity index (χ3n) is 10.3. The minimum atomic E-state index is -3.94. The first-order valence-electron chi connectivity index (χ1n) is 17.2. The Kier molecular flexibility index (Phi) is 9.66. The molecule has 1 aromatic carbocycles. The number of hydrogen-bond donors (Lipinski definition) is 3. The number of nitrogens with zero attached hydrogens (tertiary/aromatic N) is 2. The van der Waals surface area contributed by atoms with Crippen LogP contribution < -0.4 is 25.2 Å². The number of nitrogens with two attached hydrogens (primary N) is 1. The maximum Gasteiger partial charge on any atom is 0.259 e. The van der Waals surface area contributed by atoms with Gasteiger partial charge < -0.3 is 25.4 Å². The molecular formula is C35H46ClN5O7S. The molecule has 1 unspecified atom stereocenters. The Hall–Kier alpha value is -3.42. The number of sulfonamides is 1. The van der Waals surface area contributed by atoms with Crippen LogP contribution >= 0.6 is 11.6 Å². The summed E-state index contributed by atoms with van der Waals surface area (Å²) >= 11 is 6.43. The number of amides is 3. The fraction of sp³-hybridized carbons (Fsp3) is 0.600. The Labute approximate surface area is 292 Å². The Morgan fingerprint density at radius 1 is 1.20 bits per heavy atom. The SMILES string of the molecule is Cc1c(Cl)ccc2c(O[C@@H]3C[C@H]4C(=O)N[C@]5(C(=O)NS(=O)(=O)C6(C)CC6)CC5/C=C\CCCCC[C@H](N)C(=O)N4C3)cc(OC(C)C)nc12. The molecular weight excluding hydrogens is 670 g/mol. The van der Waals surface area contributed by atoms with Gasteiger partial charge in [0.25, 0.3) is 5.91 Å². The number of benzene rings is 1. The molecule has 0 bridgehead atoms. The molecule has 4 N–H and O–H groups in total. The minimum absolute atomic E-state index is 0.0800. The molecule has 266 valence electrons. The van der Waals surface area contributed by atoms with Gasteiger partial charge in [-0.05, 0) is 83.9 Å². The fourth-order valence-corrected chi connectivity index (χ4v) is 8.24. The lowest BCUT2D eigenvalue weighted by molar-refractivity contribution is -0.140. The van der Waals surface area contributed by atoms with Crippen molar-refractivity contribution in [3.63, 3.8) is 0 Å². The molecule has 3 amide bonds. The van der Waals surface area contributed by atoms with Gasteiger partial charge in [-0.3, -0.25) is 19.1 Å². The van der Waals surface area contributed by atoms with E-state index >= 15 is 0 Å². The van der Waals surface area contributed by atoms with Gasteiger partial charge in [0, 0.05) is 28.8 Å². The van der Waals surface area contributed by atoms with Crippen molar-refractivity contribution in [2.24, 2.45) is 11.7 Å². The van der Waals surface area contributed by atoms with Gasteiger partial charge in [0.05, 0.1) is 29.0 Å². The molecule has 4 aliphatic rings. The second-order valence-corrected chi connectivity index (χ2v) is 17.1. The third kappa shape index (κ3) is 7.12. The molecule has 5 atom stereocenters. The summed E-state index contributed by atoms with van der Waals surface area (Å²) in [7, 11) is -3.94. The third-order valence-corrected chi connectivity index (χ3v) is 12.8. The van der Waals surface area contributed by atoms with Crippen LogP contribution in [-0.2, 0) is 24.4 Å². The summed E-state index contributed by atoms with van der Waals surface area (Å²) in [6.45, 7) is 7.32. The van der Waals surface area contributed by atoms with E-state index in [9.17, 15) is 22.8 Å². The summed E-state index contributed by atoms with van der Waals surface area (Å²) < 4.78 is 39.8. The van der Waals surface area contributed by atoms with Crippen molar-refractivity contribution >= 4 is 50.2 Å². The van der Waals surface area contributed by atoms with E-state index in [-0.39, 0.29) is 37.3 Å². The number of carbonyl (C=O) groups excluding carboxylic acids is 3. The average Bonchev–Trinajstić information content (AvgIpc) is 3.91. The Bertz CT molecular complexity index is 1800. The zero-order valence-corrected chi connectivity index (χ0v) is 30.0. The summed E-state index contributed by atoms with van der Waals surface area (Å²) in [5.41, 5.74) is 6.32. The highest BCUT2D eigenvalue weighted by atomic mass is 35.5. The molecule has 3 fully saturated rings. The molecule has 14 heteroatoms. The molecule has 6 rings (SSSR count). The Balaban J connectivity index is 1.31. The normalized spacial score (nSPS) is 29.2. The largest absolute Gasteiger partial charge is 0.488 e. The van der Waals surface area contributed by atoms with Crippen LogP contribution in [0.2, 0.25) is 5.02 Å². The van der Waals surface area contributed by atoms with E-state index in [1.54, 1.807) is 19.1 Å². The Morgan fingerprint density at radius 2 is 1.96 bits per heavy atom. The monoisotopic (exact) mass is 715 g/mol. The second-order valence-electron chi connectivity index (χ2n) is 14.5. The van der Waals surface area contributed by atoms with Crippen LogP contribution in [0.3, 0.4) is 0 Å². The number of aromatic nitrogens is 1. The first-order valence-corrected chi connectivity index (χ1v) is 19.0. The zero-order chi connectivity index (χ0) is 35.3. The van der Waals surface area contributed by atoms with Crippen molar-refractivity contribution in [2.75, 3.05) is 6.54 Å². The first kappa shape index (κ1) is 35.4. The smallest absolute Gasteiger partial charge is 0.259 e. The molecule has 49 heavy (non-hydrogen) atoms. The number of aryl methyl sites for hydroxylation is 1. The van der Waals surface area contributed by atoms with Gasteiger partial charge >= 0.3 is 0 Å². The van der Waals surface area contributed by atoms with Crippen LogP contribution in [-0.4, -0.2) is 77.1 Å². The van der Waals surface area contributed by atoms with Crippen molar-refractivity contribution in [1.82, 2.24) is 19.9 Å². The molecule has 0 radical (unpaired) electrons. The molecule has 2 aliphatic carbocycles. The van der Waals surface area contributed by atoms with Gasteiger partial charge in [0.2, 0.25) is 27.7 Å². The zero-order valence-electron chi connectivity index (χ0n) is 28.5. The molecule has 3 heterocycles. The number of carbonyl (C=O) groups is 3. The second kappa shape index (κ2) is 13.4. The highest BCUT2D eigenvalue weighted by Gasteiger charge is 2.63. The number of allylic oxidation sites excluding steroid dienone is 1. The number of pyridine rings is 1. The van der Waals surface area contributed by atoms with Crippen molar-refractivity contribution in [3.8, 4) is 11.6 Å². The van der Waals surface area contributed by atoms with Crippen molar-refractivity contribution < 1.29 is 32.3 Å². The lowest BCUT2D eigenvalue weighted by atomic mass is 10.1. The predicted molar refractivity (Wildman–Crippen MR) is 186 cm³/mol. The van der Waals surface area contributed by atoms with Crippen LogP contribution in [0.25, 0.3) is 10.9 Å². The molecule has 2 aromatic rings. The standard InChI is InChI=1S/C35H46ClN5O7S/c1-20(2)47-29-17-28(24-12-13-25(36)21(3)30(24)38-29)48-23-16-27-31(42)39-35(33(44)40-49(45,46)34(4)14-15-34)18-22(35)10-8-6-5-7-9-11-26(37)32(43)41(27)19-23/h8,10,12-13,17,20,22-23,26-27H,5-7,9,11,14-16,18-19,37H2,1-4H3,(H,39,42)(H,40,44)/b10-8-/t22?,23-,26+,27+,35-/m1/s1. The first-order chi connectivity index (χ1) is 23.1. The number of halogens is 1. The maximum absolute atomic E-state index is 14.2. The van der Waals surface area contributed by atoms with E-state index in [0.717, 1.165) is 31.2 Å². The van der Waals surface area contributed by atoms with Gasteiger partial charge in [-0.1, -0.05) is 36.6 Å². The molecule has 1 saturated heterocycles. The van der Waals surface area contributed by atoms with Crippen molar-refractivity contribution in [3.05, 3.63) is 40.9 Å². The molecule has 0 spiro atoms. The average molecular weight is 716 g/mol. The van der Waals surface area contributed by atoms with Crippen LogP contribution in [0.15, 0.2) is 30.4 Å². The van der Waals surface area contributed by atoms with Gasteiger partial charge in [0.15, 0.2) is 0 Å². The number of rotatable bonds is 7. The Morgan fingerprint density at radius 3 is 2.67 bits per heavy atom. The summed E-state index contributed by atoms with van der Waals surface area (Å²) in [6.07, 6.45) is 8.10.